The molecule has 1 heterocycles. The van der Waals surface area contributed by atoms with Crippen LogP contribution in [0, 0.1) is 6.92 Å². The Hall–Kier alpha value is -2.38. The van der Waals surface area contributed by atoms with E-state index in [2.05, 4.69) is 14.6 Å². The van der Waals surface area contributed by atoms with Crippen molar-refractivity contribution >= 4 is 38.2 Å². The molecule has 23 heavy (non-hydrogen) atoms. The SMILES string of the molecule is Cc1ccc(S(=O)(=O)N=Nc2c(O)[nH]c3ccc(Cl)cc23)cc1. The highest BCUT2D eigenvalue weighted by molar-refractivity contribution is 7.90. The van der Waals surface area contributed by atoms with Gasteiger partial charge in [-0.1, -0.05) is 33.8 Å². The number of hydrogen-bond acceptors (Lipinski definition) is 4. The molecule has 0 saturated carbocycles. The first-order valence-electron chi connectivity index (χ1n) is 6.62. The number of aromatic amines is 1. The molecule has 2 N–H and O–H groups in total. The molecule has 0 aliphatic carbocycles. The minimum atomic E-state index is -3.95. The van der Waals surface area contributed by atoms with Gasteiger partial charge in [0.15, 0.2) is 5.69 Å². The van der Waals surface area contributed by atoms with E-state index < -0.39 is 10.0 Å². The lowest BCUT2D eigenvalue weighted by Gasteiger charge is -1.98. The number of rotatable bonds is 3. The maximum atomic E-state index is 12.2. The zero-order valence-electron chi connectivity index (χ0n) is 12.0. The van der Waals surface area contributed by atoms with Gasteiger partial charge in [-0.3, -0.25) is 0 Å². The van der Waals surface area contributed by atoms with E-state index >= 15 is 0 Å². The molecular formula is C15H12ClN3O3S. The third-order valence-electron chi connectivity index (χ3n) is 3.28. The average Bonchev–Trinajstić information content (AvgIpc) is 2.80. The summed E-state index contributed by atoms with van der Waals surface area (Å²) in [7, 11) is -3.95. The van der Waals surface area contributed by atoms with Gasteiger partial charge in [0, 0.05) is 10.4 Å². The Kier molecular flexibility index (Phi) is 3.83. The molecular weight excluding hydrogens is 338 g/mol. The van der Waals surface area contributed by atoms with Crippen LogP contribution >= 0.6 is 11.6 Å². The molecule has 1 aromatic heterocycles. The van der Waals surface area contributed by atoms with Gasteiger partial charge in [0.1, 0.15) is 0 Å². The second-order valence-electron chi connectivity index (χ2n) is 4.98. The highest BCUT2D eigenvalue weighted by Gasteiger charge is 2.15. The fourth-order valence-corrected chi connectivity index (χ4v) is 3.02. The summed E-state index contributed by atoms with van der Waals surface area (Å²) in [6.45, 7) is 1.85. The molecule has 0 aliphatic heterocycles. The number of nitrogens with zero attached hydrogens (tertiary/aromatic N) is 2. The fraction of sp³-hybridized carbons (Fsp3) is 0.0667. The van der Waals surface area contributed by atoms with Gasteiger partial charge >= 0.3 is 0 Å². The van der Waals surface area contributed by atoms with Crippen LogP contribution in [0.25, 0.3) is 10.9 Å². The third kappa shape index (κ3) is 3.06. The molecule has 0 aliphatic rings. The lowest BCUT2D eigenvalue weighted by atomic mass is 10.2. The Labute approximate surface area is 137 Å². The standard InChI is InChI=1S/C15H12ClN3O3S/c1-9-2-5-11(6-3-9)23(21,22)19-18-14-12-8-10(16)4-7-13(12)17-15(14)20/h2-8,17,20H,1H3. The van der Waals surface area contributed by atoms with Crippen molar-refractivity contribution in [3.8, 4) is 5.88 Å². The Morgan fingerprint density at radius 3 is 2.52 bits per heavy atom. The van der Waals surface area contributed by atoms with Gasteiger partial charge in [-0.25, -0.2) is 0 Å². The number of benzene rings is 2. The van der Waals surface area contributed by atoms with E-state index in [1.165, 1.54) is 12.1 Å². The molecule has 3 aromatic rings. The van der Waals surface area contributed by atoms with E-state index in [1.807, 2.05) is 6.92 Å². The van der Waals surface area contributed by atoms with E-state index in [1.54, 1.807) is 30.3 Å². The van der Waals surface area contributed by atoms with E-state index in [-0.39, 0.29) is 16.5 Å². The molecule has 0 bridgehead atoms. The smallest absolute Gasteiger partial charge is 0.299 e. The molecule has 3 rings (SSSR count). The van der Waals surface area contributed by atoms with Crippen LogP contribution in [0.4, 0.5) is 5.69 Å². The summed E-state index contributed by atoms with van der Waals surface area (Å²) in [6, 6.07) is 11.1. The number of nitrogens with one attached hydrogen (secondary N) is 1. The molecule has 6 nitrogen and oxygen atoms in total. The van der Waals surface area contributed by atoms with Gasteiger partial charge in [0.2, 0.25) is 5.88 Å². The maximum Gasteiger partial charge on any atom is 0.299 e. The number of halogens is 1. The topological polar surface area (TPSA) is 94.9 Å². The fourth-order valence-electron chi connectivity index (χ4n) is 2.09. The van der Waals surface area contributed by atoms with Gasteiger partial charge in [0.25, 0.3) is 10.0 Å². The van der Waals surface area contributed by atoms with Crippen molar-refractivity contribution in [3.05, 3.63) is 53.1 Å². The lowest BCUT2D eigenvalue weighted by Crippen LogP contribution is -1.95. The van der Waals surface area contributed by atoms with E-state index in [0.29, 0.717) is 15.9 Å². The number of aromatic hydroxyl groups is 1. The lowest BCUT2D eigenvalue weighted by molar-refractivity contribution is 0.459. The van der Waals surface area contributed by atoms with E-state index in [9.17, 15) is 13.5 Å². The number of H-pyrrole nitrogens is 1. The first-order valence-corrected chi connectivity index (χ1v) is 8.43. The van der Waals surface area contributed by atoms with Crippen molar-refractivity contribution in [2.75, 3.05) is 0 Å². The third-order valence-corrected chi connectivity index (χ3v) is 4.68. The second-order valence-corrected chi connectivity index (χ2v) is 7.00. The first kappa shape index (κ1) is 15.5. The van der Waals surface area contributed by atoms with Crippen molar-refractivity contribution in [1.82, 2.24) is 4.98 Å². The van der Waals surface area contributed by atoms with Crippen LogP contribution in [-0.2, 0) is 10.0 Å². The van der Waals surface area contributed by atoms with Crippen LogP contribution < -0.4 is 0 Å². The summed E-state index contributed by atoms with van der Waals surface area (Å²) in [5.74, 6) is -0.273. The minimum absolute atomic E-state index is 0.0261. The van der Waals surface area contributed by atoms with Gasteiger partial charge < -0.3 is 10.1 Å². The molecule has 0 spiro atoms. The van der Waals surface area contributed by atoms with Gasteiger partial charge in [-0.2, -0.15) is 8.42 Å². The second kappa shape index (κ2) is 5.68. The number of aryl methyl sites for hydroxylation is 1. The summed E-state index contributed by atoms with van der Waals surface area (Å²) >= 11 is 5.91. The molecule has 0 amide bonds. The largest absolute Gasteiger partial charge is 0.493 e. The summed E-state index contributed by atoms with van der Waals surface area (Å²) in [4.78, 5) is 2.72. The van der Waals surface area contributed by atoms with Crippen LogP contribution in [0.2, 0.25) is 5.02 Å². The molecule has 118 valence electrons. The van der Waals surface area contributed by atoms with Crippen LogP contribution in [0.3, 0.4) is 0 Å². The number of aromatic nitrogens is 1. The van der Waals surface area contributed by atoms with Crippen molar-refractivity contribution in [3.63, 3.8) is 0 Å². The van der Waals surface area contributed by atoms with E-state index in [0.717, 1.165) is 5.56 Å². The maximum absolute atomic E-state index is 12.2. The van der Waals surface area contributed by atoms with Gasteiger partial charge in [0.05, 0.1) is 10.4 Å². The van der Waals surface area contributed by atoms with Crippen molar-refractivity contribution in [2.45, 2.75) is 11.8 Å². The Morgan fingerprint density at radius 2 is 1.83 bits per heavy atom. The van der Waals surface area contributed by atoms with E-state index in [4.69, 9.17) is 11.6 Å². The summed E-state index contributed by atoms with van der Waals surface area (Å²) in [5.41, 5.74) is 1.54. The highest BCUT2D eigenvalue weighted by atomic mass is 35.5. The van der Waals surface area contributed by atoms with Crippen molar-refractivity contribution in [2.24, 2.45) is 9.63 Å². The molecule has 0 radical (unpaired) electrons. The highest BCUT2D eigenvalue weighted by Crippen LogP contribution is 2.37. The van der Waals surface area contributed by atoms with Crippen molar-refractivity contribution < 1.29 is 13.5 Å². The predicted molar refractivity (Wildman–Crippen MR) is 87.9 cm³/mol. The Bertz CT molecular complexity index is 1010. The number of sulfonamides is 1. The van der Waals surface area contributed by atoms with Crippen LogP contribution in [0.1, 0.15) is 5.56 Å². The van der Waals surface area contributed by atoms with Crippen LogP contribution in [0.15, 0.2) is 57.0 Å². The summed E-state index contributed by atoms with van der Waals surface area (Å²) in [5, 5.41) is 14.5. The van der Waals surface area contributed by atoms with Crippen molar-refractivity contribution in [1.29, 1.82) is 0 Å². The molecule has 0 saturated heterocycles. The summed E-state index contributed by atoms with van der Waals surface area (Å²) in [6.07, 6.45) is 0. The Balaban J connectivity index is 2.04. The molecule has 2 aromatic carbocycles. The van der Waals surface area contributed by atoms with Crippen LogP contribution in [-0.4, -0.2) is 18.5 Å². The molecule has 0 fully saturated rings. The predicted octanol–water partition coefficient (Wildman–Crippen LogP) is 4.31. The number of hydrogen-bond donors (Lipinski definition) is 2. The van der Waals surface area contributed by atoms with Crippen LogP contribution in [0.5, 0.6) is 5.88 Å². The van der Waals surface area contributed by atoms with Gasteiger partial charge in [-0.05, 0) is 37.3 Å². The zero-order valence-corrected chi connectivity index (χ0v) is 13.6. The Morgan fingerprint density at radius 1 is 1.13 bits per heavy atom. The molecule has 0 unspecified atom stereocenters. The zero-order chi connectivity index (χ0) is 16.6. The molecule has 0 atom stereocenters. The quantitative estimate of drug-likeness (QED) is 0.690. The van der Waals surface area contributed by atoms with Gasteiger partial charge in [-0.15, -0.1) is 5.11 Å². The normalized spacial score (nSPS) is 12.3. The number of fused-ring (bicyclic) bond motifs is 1. The minimum Gasteiger partial charge on any atom is -0.493 e. The monoisotopic (exact) mass is 349 g/mol. The molecule has 8 heteroatoms. The first-order chi connectivity index (χ1) is 10.9. The average molecular weight is 350 g/mol. The summed E-state index contributed by atoms with van der Waals surface area (Å²) < 4.78 is 27.8.